The molecule has 0 radical (unpaired) electrons. The summed E-state index contributed by atoms with van der Waals surface area (Å²) in [5.74, 6) is -1.39. The summed E-state index contributed by atoms with van der Waals surface area (Å²) in [6.07, 6.45) is -2.67. The lowest BCUT2D eigenvalue weighted by atomic mass is 9.74. The van der Waals surface area contributed by atoms with Gasteiger partial charge >= 0.3 is 6.18 Å². The van der Waals surface area contributed by atoms with Gasteiger partial charge in [-0.3, -0.25) is 0 Å². The van der Waals surface area contributed by atoms with Crippen molar-refractivity contribution < 1.29 is 18.3 Å². The number of halogens is 3. The van der Waals surface area contributed by atoms with Crippen molar-refractivity contribution in [3.63, 3.8) is 0 Å². The average Bonchev–Trinajstić information content (AvgIpc) is 2.38. The van der Waals surface area contributed by atoms with Crippen molar-refractivity contribution >= 4 is 0 Å². The van der Waals surface area contributed by atoms with Crippen LogP contribution in [-0.4, -0.2) is 11.3 Å². The highest BCUT2D eigenvalue weighted by molar-refractivity contribution is 5.29. The summed E-state index contributed by atoms with van der Waals surface area (Å²) < 4.78 is 38.5. The number of benzene rings is 1. The summed E-state index contributed by atoms with van der Waals surface area (Å²) in [5, 5.41) is 10.6. The third-order valence-corrected chi connectivity index (χ3v) is 4.06. The van der Waals surface area contributed by atoms with Crippen molar-refractivity contribution in [1.29, 1.82) is 0 Å². The first-order valence-corrected chi connectivity index (χ1v) is 6.73. The quantitative estimate of drug-likeness (QED) is 0.856. The maximum atomic E-state index is 12.8. The lowest BCUT2D eigenvalue weighted by molar-refractivity contribution is -0.201. The molecule has 0 heterocycles. The zero-order valence-electron chi connectivity index (χ0n) is 11.0. The molecule has 1 N–H and O–H groups in total. The van der Waals surface area contributed by atoms with Gasteiger partial charge in [-0.25, -0.2) is 0 Å². The largest absolute Gasteiger partial charge is 0.391 e. The van der Waals surface area contributed by atoms with E-state index in [4.69, 9.17) is 0 Å². The molecule has 19 heavy (non-hydrogen) atoms. The Morgan fingerprint density at radius 2 is 2.11 bits per heavy atom. The minimum Gasteiger partial charge on any atom is -0.385 e. The Morgan fingerprint density at radius 3 is 2.74 bits per heavy atom. The molecule has 1 aromatic carbocycles. The van der Waals surface area contributed by atoms with Crippen LogP contribution < -0.4 is 0 Å². The molecule has 1 saturated carbocycles. The Hall–Kier alpha value is -1.03. The van der Waals surface area contributed by atoms with Crippen LogP contribution in [0.1, 0.15) is 43.7 Å². The first kappa shape index (κ1) is 14.4. The molecule has 0 bridgehead atoms. The van der Waals surface area contributed by atoms with Crippen molar-refractivity contribution in [3.05, 3.63) is 35.4 Å². The molecule has 1 fully saturated rings. The van der Waals surface area contributed by atoms with Gasteiger partial charge in [0, 0.05) is 0 Å². The maximum Gasteiger partial charge on any atom is 0.391 e. The van der Waals surface area contributed by atoms with Crippen LogP contribution in [0.3, 0.4) is 0 Å². The zero-order valence-corrected chi connectivity index (χ0v) is 11.0. The van der Waals surface area contributed by atoms with Crippen LogP contribution in [0.15, 0.2) is 24.3 Å². The van der Waals surface area contributed by atoms with Gasteiger partial charge in [-0.15, -0.1) is 0 Å². The summed E-state index contributed by atoms with van der Waals surface area (Å²) in [7, 11) is 0. The second-order valence-electron chi connectivity index (χ2n) is 5.42. The molecule has 2 rings (SSSR count). The van der Waals surface area contributed by atoms with Gasteiger partial charge in [0.2, 0.25) is 0 Å². The highest BCUT2D eigenvalue weighted by Crippen LogP contribution is 2.46. The molecule has 0 aliphatic heterocycles. The third kappa shape index (κ3) is 3.11. The molecule has 0 spiro atoms. The molecule has 0 amide bonds. The molecule has 4 heteroatoms. The molecule has 1 aliphatic carbocycles. The smallest absolute Gasteiger partial charge is 0.385 e. The van der Waals surface area contributed by atoms with Crippen LogP contribution in [-0.2, 0) is 12.0 Å². The Labute approximate surface area is 111 Å². The van der Waals surface area contributed by atoms with Gasteiger partial charge in [-0.05, 0) is 43.2 Å². The van der Waals surface area contributed by atoms with E-state index in [0.717, 1.165) is 12.0 Å². The van der Waals surface area contributed by atoms with E-state index in [1.54, 1.807) is 6.07 Å². The van der Waals surface area contributed by atoms with Crippen LogP contribution in [0, 0.1) is 5.92 Å². The fourth-order valence-corrected chi connectivity index (χ4v) is 2.87. The average molecular weight is 272 g/mol. The third-order valence-electron chi connectivity index (χ3n) is 4.06. The maximum absolute atomic E-state index is 12.8. The summed E-state index contributed by atoms with van der Waals surface area (Å²) in [6, 6.07) is 7.30. The molecule has 0 saturated heterocycles. The molecule has 1 nitrogen and oxygen atoms in total. The van der Waals surface area contributed by atoms with Crippen LogP contribution in [0.4, 0.5) is 13.2 Å². The van der Waals surface area contributed by atoms with E-state index in [1.807, 2.05) is 25.1 Å². The fourth-order valence-electron chi connectivity index (χ4n) is 2.87. The number of aryl methyl sites for hydroxylation is 1. The van der Waals surface area contributed by atoms with Crippen molar-refractivity contribution in [2.45, 2.75) is 50.8 Å². The standard InChI is InChI=1S/C15H19F3O/c1-2-11-5-3-6-12(9-11)14(19)8-4-7-13(10-14)15(16,17)18/h3,5-6,9,13,19H,2,4,7-8,10H2,1H3. The normalized spacial score (nSPS) is 28.4. The number of hydrogen-bond donors (Lipinski definition) is 1. The van der Waals surface area contributed by atoms with Crippen LogP contribution in [0.5, 0.6) is 0 Å². The van der Waals surface area contributed by atoms with Crippen molar-refractivity contribution in [2.24, 2.45) is 5.92 Å². The van der Waals surface area contributed by atoms with Gasteiger partial charge in [0.05, 0.1) is 11.5 Å². The molecule has 1 aliphatic rings. The van der Waals surface area contributed by atoms with E-state index < -0.39 is 17.7 Å². The monoisotopic (exact) mass is 272 g/mol. The fraction of sp³-hybridized carbons (Fsp3) is 0.600. The lowest BCUT2D eigenvalue weighted by Crippen LogP contribution is -2.38. The number of hydrogen-bond acceptors (Lipinski definition) is 1. The van der Waals surface area contributed by atoms with E-state index in [1.165, 1.54) is 0 Å². The second-order valence-corrected chi connectivity index (χ2v) is 5.42. The first-order valence-electron chi connectivity index (χ1n) is 6.73. The molecule has 106 valence electrons. The number of aliphatic hydroxyl groups is 1. The molecule has 0 aromatic heterocycles. The topological polar surface area (TPSA) is 20.2 Å². The molecular formula is C15H19F3O. The Bertz CT molecular complexity index is 441. The van der Waals surface area contributed by atoms with E-state index in [9.17, 15) is 18.3 Å². The zero-order chi connectivity index (χ0) is 14.1. The van der Waals surface area contributed by atoms with Gasteiger partial charge in [0.15, 0.2) is 0 Å². The minimum atomic E-state index is -4.21. The van der Waals surface area contributed by atoms with Gasteiger partial charge in [0.1, 0.15) is 0 Å². The summed E-state index contributed by atoms with van der Waals surface area (Å²) >= 11 is 0. The van der Waals surface area contributed by atoms with Gasteiger partial charge in [0.25, 0.3) is 0 Å². The van der Waals surface area contributed by atoms with Gasteiger partial charge < -0.3 is 5.11 Å². The van der Waals surface area contributed by atoms with Crippen LogP contribution >= 0.6 is 0 Å². The van der Waals surface area contributed by atoms with Crippen LogP contribution in [0.2, 0.25) is 0 Å². The van der Waals surface area contributed by atoms with E-state index in [0.29, 0.717) is 18.4 Å². The predicted octanol–water partition coefficient (Wildman–Crippen LogP) is 4.19. The van der Waals surface area contributed by atoms with Crippen molar-refractivity contribution in [3.8, 4) is 0 Å². The minimum absolute atomic E-state index is 0.124. The van der Waals surface area contributed by atoms with Crippen molar-refractivity contribution in [2.75, 3.05) is 0 Å². The molecular weight excluding hydrogens is 253 g/mol. The first-order chi connectivity index (χ1) is 8.85. The Kier molecular flexibility index (Phi) is 3.90. The summed E-state index contributed by atoms with van der Waals surface area (Å²) in [4.78, 5) is 0. The number of rotatable bonds is 2. The van der Waals surface area contributed by atoms with Crippen LogP contribution in [0.25, 0.3) is 0 Å². The second kappa shape index (κ2) is 5.16. The highest BCUT2D eigenvalue weighted by Gasteiger charge is 2.47. The van der Waals surface area contributed by atoms with Crippen molar-refractivity contribution in [1.82, 2.24) is 0 Å². The van der Waals surface area contributed by atoms with E-state index in [2.05, 4.69) is 0 Å². The molecule has 1 aromatic rings. The molecule has 2 unspecified atom stereocenters. The Morgan fingerprint density at radius 1 is 1.37 bits per heavy atom. The SMILES string of the molecule is CCc1cccc(C2(O)CCCC(C(F)(F)F)C2)c1. The predicted molar refractivity (Wildman–Crippen MR) is 67.7 cm³/mol. The molecule has 2 atom stereocenters. The van der Waals surface area contributed by atoms with E-state index >= 15 is 0 Å². The Balaban J connectivity index is 2.26. The summed E-state index contributed by atoms with van der Waals surface area (Å²) in [6.45, 7) is 1.99. The van der Waals surface area contributed by atoms with Gasteiger partial charge in [-0.1, -0.05) is 31.2 Å². The van der Waals surface area contributed by atoms with Gasteiger partial charge in [-0.2, -0.15) is 13.2 Å². The lowest BCUT2D eigenvalue weighted by Gasteiger charge is -2.38. The van der Waals surface area contributed by atoms with E-state index in [-0.39, 0.29) is 12.8 Å². The summed E-state index contributed by atoms with van der Waals surface area (Å²) in [5.41, 5.74) is 0.338. The number of alkyl halides is 3. The highest BCUT2D eigenvalue weighted by atomic mass is 19.4.